The van der Waals surface area contributed by atoms with Crippen LogP contribution in [0.2, 0.25) is 0 Å². The topological polar surface area (TPSA) is 3.24 Å². The Hall–Kier alpha value is 0.440. The Morgan fingerprint density at radius 2 is 1.88 bits per heavy atom. The van der Waals surface area contributed by atoms with Gasteiger partial charge in [-0.25, -0.2) is 0 Å². The molecular weight excluding hydrogens is 262 g/mol. The summed E-state index contributed by atoms with van der Waals surface area (Å²) >= 11 is 3.72. The second kappa shape index (κ2) is 5.86. The highest BCUT2D eigenvalue weighted by Crippen LogP contribution is 2.34. The monoisotopic (exact) mass is 289 g/mol. The summed E-state index contributed by atoms with van der Waals surface area (Å²) in [5, 5.41) is 1.14. The van der Waals surface area contributed by atoms with Crippen LogP contribution >= 0.6 is 15.9 Å². The first kappa shape index (κ1) is 14.5. The fourth-order valence-electron chi connectivity index (χ4n) is 2.86. The summed E-state index contributed by atoms with van der Waals surface area (Å²) in [6.07, 6.45) is 5.33. The predicted molar refractivity (Wildman–Crippen MR) is 76.3 cm³/mol. The van der Waals surface area contributed by atoms with E-state index in [0.717, 1.165) is 5.33 Å². The van der Waals surface area contributed by atoms with Crippen LogP contribution in [0.1, 0.15) is 53.4 Å². The second-order valence-electron chi connectivity index (χ2n) is 6.32. The molecule has 0 N–H and O–H groups in total. The lowest BCUT2D eigenvalue weighted by Crippen LogP contribution is -2.46. The van der Waals surface area contributed by atoms with Crippen molar-refractivity contribution in [1.82, 2.24) is 4.90 Å². The maximum Gasteiger partial charge on any atom is 0.01000 e. The summed E-state index contributed by atoms with van der Waals surface area (Å²) in [6, 6.07) is 0. The number of hydrogen-bond acceptors (Lipinski definition) is 1. The average Bonchev–Trinajstić information content (AvgIpc) is 2.25. The molecule has 0 aromatic carbocycles. The van der Waals surface area contributed by atoms with Gasteiger partial charge in [-0.05, 0) is 43.1 Å². The molecule has 0 bridgehead atoms. The molecule has 96 valence electrons. The van der Waals surface area contributed by atoms with Gasteiger partial charge in [0.1, 0.15) is 0 Å². The molecule has 1 saturated heterocycles. The van der Waals surface area contributed by atoms with E-state index in [-0.39, 0.29) is 0 Å². The molecule has 1 rings (SSSR count). The molecule has 16 heavy (non-hydrogen) atoms. The Bertz CT molecular complexity index is 201. The lowest BCUT2D eigenvalue weighted by atomic mass is 9.80. The first-order valence-electron chi connectivity index (χ1n) is 6.75. The lowest BCUT2D eigenvalue weighted by Gasteiger charge is -2.43. The van der Waals surface area contributed by atoms with Crippen molar-refractivity contribution >= 4 is 15.9 Å². The minimum absolute atomic E-state index is 0.493. The molecule has 0 aromatic rings. The van der Waals surface area contributed by atoms with Gasteiger partial charge >= 0.3 is 0 Å². The normalized spacial score (nSPS) is 22.3. The Morgan fingerprint density at radius 1 is 1.25 bits per heavy atom. The number of piperidine rings is 1. The molecule has 0 atom stereocenters. The molecule has 1 aliphatic heterocycles. The van der Waals surface area contributed by atoms with Gasteiger partial charge in [0.15, 0.2) is 0 Å². The first-order valence-corrected chi connectivity index (χ1v) is 7.87. The fraction of sp³-hybridized carbons (Fsp3) is 1.00. The summed E-state index contributed by atoms with van der Waals surface area (Å²) in [5.41, 5.74) is 1.02. The zero-order valence-corrected chi connectivity index (χ0v) is 13.1. The zero-order chi connectivity index (χ0) is 12.2. The van der Waals surface area contributed by atoms with Gasteiger partial charge in [0.2, 0.25) is 0 Å². The van der Waals surface area contributed by atoms with Crippen molar-refractivity contribution in [3.63, 3.8) is 0 Å². The van der Waals surface area contributed by atoms with E-state index in [1.165, 1.54) is 45.3 Å². The average molecular weight is 290 g/mol. The molecule has 1 nitrogen and oxygen atoms in total. The second-order valence-corrected chi connectivity index (χ2v) is 6.88. The van der Waals surface area contributed by atoms with Crippen molar-refractivity contribution in [3.05, 3.63) is 0 Å². The summed E-state index contributed by atoms with van der Waals surface area (Å²) in [5.74, 6) is 0. The summed E-state index contributed by atoms with van der Waals surface area (Å²) in [4.78, 5) is 2.69. The quantitative estimate of drug-likeness (QED) is 0.682. The van der Waals surface area contributed by atoms with Crippen molar-refractivity contribution in [3.8, 4) is 0 Å². The minimum atomic E-state index is 0.493. The standard InChI is InChI=1S/C14H28BrN/c1-5-14(6-2,10-15)12-16-9-7-8-13(3,4)11-16/h5-12H2,1-4H3. The van der Waals surface area contributed by atoms with Crippen molar-refractivity contribution < 1.29 is 0 Å². The van der Waals surface area contributed by atoms with E-state index >= 15 is 0 Å². The van der Waals surface area contributed by atoms with E-state index in [9.17, 15) is 0 Å². The number of alkyl halides is 1. The minimum Gasteiger partial charge on any atom is -0.302 e. The third-order valence-corrected chi connectivity index (χ3v) is 5.51. The molecule has 0 unspecified atom stereocenters. The van der Waals surface area contributed by atoms with Gasteiger partial charge in [0.05, 0.1) is 0 Å². The van der Waals surface area contributed by atoms with E-state index in [1.54, 1.807) is 0 Å². The Morgan fingerprint density at radius 3 is 2.31 bits per heavy atom. The van der Waals surface area contributed by atoms with Gasteiger partial charge in [-0.1, -0.05) is 43.6 Å². The van der Waals surface area contributed by atoms with Gasteiger partial charge in [-0.15, -0.1) is 0 Å². The van der Waals surface area contributed by atoms with Gasteiger partial charge in [-0.3, -0.25) is 0 Å². The molecule has 1 fully saturated rings. The van der Waals surface area contributed by atoms with Crippen molar-refractivity contribution in [2.24, 2.45) is 10.8 Å². The maximum atomic E-state index is 3.72. The molecule has 2 heteroatoms. The smallest absolute Gasteiger partial charge is 0.01000 e. The molecule has 0 spiro atoms. The molecule has 0 saturated carbocycles. The van der Waals surface area contributed by atoms with E-state index in [0.29, 0.717) is 10.8 Å². The highest BCUT2D eigenvalue weighted by molar-refractivity contribution is 9.09. The lowest BCUT2D eigenvalue weighted by molar-refractivity contribution is 0.0737. The molecule has 1 aliphatic rings. The molecular formula is C14H28BrN. The number of nitrogens with zero attached hydrogens (tertiary/aromatic N) is 1. The van der Waals surface area contributed by atoms with Crippen LogP contribution in [-0.2, 0) is 0 Å². The first-order chi connectivity index (χ1) is 7.47. The van der Waals surface area contributed by atoms with Crippen LogP contribution in [0.25, 0.3) is 0 Å². The van der Waals surface area contributed by atoms with E-state index in [1.807, 2.05) is 0 Å². The highest BCUT2D eigenvalue weighted by Gasteiger charge is 2.32. The maximum absolute atomic E-state index is 3.72. The molecule has 0 aliphatic carbocycles. The Kier molecular flexibility index (Phi) is 5.31. The van der Waals surface area contributed by atoms with Gasteiger partial charge in [-0.2, -0.15) is 0 Å². The summed E-state index contributed by atoms with van der Waals surface area (Å²) < 4.78 is 0. The third-order valence-electron chi connectivity index (χ3n) is 4.32. The van der Waals surface area contributed by atoms with Crippen LogP contribution in [0.5, 0.6) is 0 Å². The van der Waals surface area contributed by atoms with E-state index in [4.69, 9.17) is 0 Å². The van der Waals surface area contributed by atoms with Crippen LogP contribution in [-0.4, -0.2) is 29.9 Å². The largest absolute Gasteiger partial charge is 0.302 e. The van der Waals surface area contributed by atoms with Crippen LogP contribution in [0, 0.1) is 10.8 Å². The van der Waals surface area contributed by atoms with Crippen LogP contribution in [0.15, 0.2) is 0 Å². The number of likely N-dealkylation sites (tertiary alicyclic amines) is 1. The van der Waals surface area contributed by atoms with E-state index < -0.39 is 0 Å². The number of halogens is 1. The van der Waals surface area contributed by atoms with Crippen LogP contribution in [0.3, 0.4) is 0 Å². The summed E-state index contributed by atoms with van der Waals surface area (Å²) in [6.45, 7) is 13.3. The molecule has 0 aromatic heterocycles. The molecule has 1 heterocycles. The predicted octanol–water partition coefficient (Wildman–Crippen LogP) is 4.31. The van der Waals surface area contributed by atoms with E-state index in [2.05, 4.69) is 48.5 Å². The van der Waals surface area contributed by atoms with Crippen molar-refractivity contribution in [2.45, 2.75) is 53.4 Å². The Balaban J connectivity index is 2.58. The van der Waals surface area contributed by atoms with Crippen molar-refractivity contribution in [1.29, 1.82) is 0 Å². The summed E-state index contributed by atoms with van der Waals surface area (Å²) in [7, 11) is 0. The molecule has 0 amide bonds. The zero-order valence-electron chi connectivity index (χ0n) is 11.5. The van der Waals surface area contributed by atoms with Gasteiger partial charge in [0, 0.05) is 18.4 Å². The highest BCUT2D eigenvalue weighted by atomic mass is 79.9. The number of hydrogen-bond donors (Lipinski definition) is 0. The third kappa shape index (κ3) is 3.73. The number of rotatable bonds is 5. The fourth-order valence-corrected chi connectivity index (χ4v) is 3.83. The van der Waals surface area contributed by atoms with Crippen molar-refractivity contribution in [2.75, 3.05) is 25.0 Å². The molecule has 0 radical (unpaired) electrons. The van der Waals surface area contributed by atoms with Gasteiger partial charge < -0.3 is 4.90 Å². The Labute approximate surface area is 110 Å². The SMILES string of the molecule is CCC(CC)(CBr)CN1CCCC(C)(C)C1. The van der Waals surface area contributed by atoms with Crippen LogP contribution < -0.4 is 0 Å². The van der Waals surface area contributed by atoms with Crippen LogP contribution in [0.4, 0.5) is 0 Å². The van der Waals surface area contributed by atoms with Gasteiger partial charge in [0.25, 0.3) is 0 Å².